The summed E-state index contributed by atoms with van der Waals surface area (Å²) in [6, 6.07) is 4.55. The van der Waals surface area contributed by atoms with Gasteiger partial charge in [-0.05, 0) is 12.1 Å². The molecule has 0 saturated carbocycles. The first-order valence-electron chi connectivity index (χ1n) is 7.35. The molecule has 1 aromatic carbocycles. The summed E-state index contributed by atoms with van der Waals surface area (Å²) in [5, 5.41) is 11.7. The number of rotatable bonds is 3. The van der Waals surface area contributed by atoms with E-state index < -0.39 is 25.9 Å². The Morgan fingerprint density at radius 2 is 1.81 bits per heavy atom. The summed E-state index contributed by atoms with van der Waals surface area (Å²) in [5.74, 6) is 0.360. The van der Waals surface area contributed by atoms with Crippen molar-refractivity contribution < 1.29 is 26.5 Å². The summed E-state index contributed by atoms with van der Waals surface area (Å²) in [7, 11) is -1.11. The lowest BCUT2D eigenvalue weighted by atomic mass is 10.0. The second-order valence-corrected chi connectivity index (χ2v) is 10.8. The van der Waals surface area contributed by atoms with E-state index in [1.165, 1.54) is 38.0 Å². The Hall–Kier alpha value is -0.890. The van der Waals surface area contributed by atoms with E-state index in [0.717, 1.165) is 4.31 Å². The van der Waals surface area contributed by atoms with E-state index in [-0.39, 0.29) is 9.92 Å². The van der Waals surface area contributed by atoms with Crippen LogP contribution in [0.25, 0.3) is 0 Å². The Bertz CT molecular complexity index is 925. The monoisotopic (exact) mass is 459 g/mol. The maximum absolute atomic E-state index is 12.3. The number of thioether (sulfide) groups is 1. The minimum atomic E-state index is -3.69. The third-order valence-electron chi connectivity index (χ3n) is 3.59. The average Bonchev–Trinajstić information content (AvgIpc) is 2.82. The van der Waals surface area contributed by atoms with Crippen LogP contribution in [0.5, 0.6) is 0 Å². The van der Waals surface area contributed by atoms with Crippen LogP contribution in [-0.2, 0) is 25.9 Å². The fourth-order valence-corrected chi connectivity index (χ4v) is 4.71. The van der Waals surface area contributed by atoms with Crippen molar-refractivity contribution in [2.75, 3.05) is 40.2 Å². The molecule has 27 heavy (non-hydrogen) atoms. The zero-order chi connectivity index (χ0) is 21.2. The lowest BCUT2D eigenvalue weighted by molar-refractivity contribution is -0.0349. The summed E-state index contributed by atoms with van der Waals surface area (Å²) in [6.07, 6.45) is 0.715. The molecule has 9 nitrogen and oxygen atoms in total. The topological polar surface area (TPSA) is 128 Å². The lowest BCUT2D eigenvalue weighted by Gasteiger charge is -2.31. The van der Waals surface area contributed by atoms with E-state index >= 15 is 0 Å². The molecule has 0 bridgehead atoms. The molecule has 0 aliphatic carbocycles. The van der Waals surface area contributed by atoms with Crippen molar-refractivity contribution in [2.24, 2.45) is 4.99 Å². The molecule has 1 atom stereocenters. The third kappa shape index (κ3) is 5.79. The number of aliphatic imine (C=N–C) groups is 1. The van der Waals surface area contributed by atoms with Crippen molar-refractivity contribution in [3.63, 3.8) is 0 Å². The van der Waals surface area contributed by atoms with Crippen LogP contribution in [0.2, 0.25) is 5.02 Å². The van der Waals surface area contributed by atoms with Gasteiger partial charge in [0.15, 0.2) is 10.9 Å². The van der Waals surface area contributed by atoms with Crippen molar-refractivity contribution in [3.8, 4) is 0 Å². The molecule has 0 amide bonds. The highest BCUT2D eigenvalue weighted by atomic mass is 35.5. The predicted octanol–water partition coefficient (Wildman–Crippen LogP) is 0.904. The number of sulfonamides is 1. The van der Waals surface area contributed by atoms with E-state index in [4.69, 9.17) is 16.2 Å². The predicted molar refractivity (Wildman–Crippen MR) is 107 cm³/mol. The molecule has 1 heterocycles. The zero-order valence-electron chi connectivity index (χ0n) is 15.4. The molecule has 1 saturated heterocycles. The van der Waals surface area contributed by atoms with Crippen LogP contribution in [0.1, 0.15) is 5.56 Å². The van der Waals surface area contributed by atoms with Crippen molar-refractivity contribution in [1.29, 1.82) is 0 Å². The van der Waals surface area contributed by atoms with Gasteiger partial charge in [-0.1, -0.05) is 29.4 Å². The maximum atomic E-state index is 12.3. The molecule has 1 aliphatic heterocycles. The van der Waals surface area contributed by atoms with E-state index in [1.807, 2.05) is 0 Å². The molecule has 1 aromatic rings. The van der Waals surface area contributed by atoms with E-state index in [2.05, 4.69) is 4.99 Å². The van der Waals surface area contributed by atoms with Crippen LogP contribution in [0.4, 0.5) is 0 Å². The van der Waals surface area contributed by atoms with Crippen LogP contribution in [-0.4, -0.2) is 81.1 Å². The minimum absolute atomic E-state index is 0.0228. The molecule has 1 fully saturated rings. The van der Waals surface area contributed by atoms with E-state index in [0.29, 0.717) is 22.7 Å². The fourth-order valence-electron chi connectivity index (χ4n) is 2.16. The van der Waals surface area contributed by atoms with Gasteiger partial charge < -0.3 is 10.0 Å². The fraction of sp³-hybridized carbons (Fsp3) is 0.500. The molecular formula is C14H22ClN3O6S3. The van der Waals surface area contributed by atoms with Gasteiger partial charge in [0, 0.05) is 33.8 Å². The molecule has 0 radical (unpaired) electrons. The normalized spacial score (nSPS) is 22.1. The Kier molecular flexibility index (Phi) is 7.72. The molecule has 154 valence electrons. The van der Waals surface area contributed by atoms with Gasteiger partial charge in [-0.2, -0.15) is 8.42 Å². The van der Waals surface area contributed by atoms with Crippen LogP contribution in [0.15, 0.2) is 28.1 Å². The van der Waals surface area contributed by atoms with Gasteiger partial charge in [-0.3, -0.25) is 9.55 Å². The standard InChI is InChI=1S/C13H18ClN3O3S2.CH4O3S/c1-15-12-17(4)13(18,8-21-12)9-5-6-10(14)11(7-9)22(19,20)16(2)3;1-5(2,3)4/h5-7,18H,8H2,1-4H3;1H3,(H,2,3,4). The highest BCUT2D eigenvalue weighted by Crippen LogP contribution is 2.39. The van der Waals surface area contributed by atoms with Crippen molar-refractivity contribution in [1.82, 2.24) is 9.21 Å². The first-order valence-corrected chi connectivity index (χ1v) is 12.0. The van der Waals surface area contributed by atoms with Crippen LogP contribution >= 0.6 is 23.4 Å². The molecule has 1 aliphatic rings. The number of hydrogen-bond acceptors (Lipinski definition) is 7. The van der Waals surface area contributed by atoms with Crippen molar-refractivity contribution in [2.45, 2.75) is 10.6 Å². The van der Waals surface area contributed by atoms with Gasteiger partial charge in [0.2, 0.25) is 10.0 Å². The highest BCUT2D eigenvalue weighted by Gasteiger charge is 2.43. The number of amidine groups is 1. The number of benzene rings is 1. The Morgan fingerprint density at radius 3 is 2.22 bits per heavy atom. The zero-order valence-corrected chi connectivity index (χ0v) is 18.6. The quantitative estimate of drug-likeness (QED) is 0.638. The summed E-state index contributed by atoms with van der Waals surface area (Å²) >= 11 is 7.45. The summed E-state index contributed by atoms with van der Waals surface area (Å²) in [5.41, 5.74) is -0.855. The maximum Gasteiger partial charge on any atom is 0.261 e. The number of nitrogens with zero attached hydrogens (tertiary/aromatic N) is 3. The molecule has 1 unspecified atom stereocenters. The number of halogens is 1. The van der Waals surface area contributed by atoms with Gasteiger partial charge >= 0.3 is 0 Å². The highest BCUT2D eigenvalue weighted by molar-refractivity contribution is 8.14. The second-order valence-electron chi connectivity index (χ2n) is 5.84. The van der Waals surface area contributed by atoms with Crippen molar-refractivity contribution >= 4 is 48.7 Å². The first-order chi connectivity index (χ1) is 12.1. The number of aliphatic hydroxyl groups is 1. The van der Waals surface area contributed by atoms with Crippen LogP contribution in [0, 0.1) is 0 Å². The molecular weight excluding hydrogens is 438 g/mol. The van der Waals surface area contributed by atoms with Crippen LogP contribution < -0.4 is 0 Å². The molecule has 2 N–H and O–H groups in total. The summed E-state index contributed by atoms with van der Waals surface area (Å²) < 4.78 is 51.6. The summed E-state index contributed by atoms with van der Waals surface area (Å²) in [4.78, 5) is 5.71. The van der Waals surface area contributed by atoms with Gasteiger partial charge in [0.1, 0.15) is 4.90 Å². The minimum Gasteiger partial charge on any atom is -0.366 e. The Labute approximate surface area is 168 Å². The Morgan fingerprint density at radius 1 is 1.30 bits per heavy atom. The first kappa shape index (κ1) is 24.1. The third-order valence-corrected chi connectivity index (χ3v) is 7.15. The van der Waals surface area contributed by atoms with E-state index in [9.17, 15) is 21.9 Å². The van der Waals surface area contributed by atoms with Gasteiger partial charge in [-0.15, -0.1) is 0 Å². The average molecular weight is 460 g/mol. The SMILES string of the molecule is CN=C1SCC(O)(c2ccc(Cl)c(S(=O)(=O)N(C)C)c2)N1C.CS(=O)(=O)O. The van der Waals surface area contributed by atoms with Gasteiger partial charge in [-0.25, -0.2) is 12.7 Å². The van der Waals surface area contributed by atoms with Gasteiger partial charge in [0.25, 0.3) is 10.1 Å². The number of hydrogen-bond donors (Lipinski definition) is 2. The lowest BCUT2D eigenvalue weighted by Crippen LogP contribution is -2.42. The molecule has 13 heteroatoms. The molecule has 2 rings (SSSR count). The second kappa shape index (κ2) is 8.64. The van der Waals surface area contributed by atoms with E-state index in [1.54, 1.807) is 25.1 Å². The summed E-state index contributed by atoms with van der Waals surface area (Å²) in [6.45, 7) is 0. The van der Waals surface area contributed by atoms with Gasteiger partial charge in [0.05, 0.1) is 17.0 Å². The van der Waals surface area contributed by atoms with Crippen LogP contribution in [0.3, 0.4) is 0 Å². The van der Waals surface area contributed by atoms with Crippen molar-refractivity contribution in [3.05, 3.63) is 28.8 Å². The molecule has 0 spiro atoms. The largest absolute Gasteiger partial charge is 0.366 e. The Balaban J connectivity index is 0.000000646. The smallest absolute Gasteiger partial charge is 0.261 e. The molecule has 0 aromatic heterocycles.